The predicted molar refractivity (Wildman–Crippen MR) is 83.5 cm³/mol. The second-order valence-electron chi connectivity index (χ2n) is 5.64. The van der Waals surface area contributed by atoms with Gasteiger partial charge in [0.05, 0.1) is 0 Å². The zero-order valence-electron chi connectivity index (χ0n) is 12.6. The number of nitrogens with one attached hydrogen (secondary N) is 2. The molecule has 22 heavy (non-hydrogen) atoms. The molecule has 0 atom stereocenters. The zero-order valence-corrected chi connectivity index (χ0v) is 12.6. The molecule has 1 aromatic heterocycles. The number of benzene rings is 1. The van der Waals surface area contributed by atoms with Crippen LogP contribution in [0.15, 0.2) is 28.7 Å². The second-order valence-corrected chi connectivity index (χ2v) is 5.64. The first kappa shape index (κ1) is 14.6. The minimum Gasteiger partial charge on any atom is -0.421 e. The summed E-state index contributed by atoms with van der Waals surface area (Å²) in [4.78, 5) is 12.1. The van der Waals surface area contributed by atoms with E-state index in [4.69, 9.17) is 4.42 Å². The van der Waals surface area contributed by atoms with Crippen molar-refractivity contribution in [1.82, 2.24) is 15.5 Å². The number of carbonyl (C=O) groups is 1. The summed E-state index contributed by atoms with van der Waals surface area (Å²) in [5.41, 5.74) is 1.50. The largest absolute Gasteiger partial charge is 0.421 e. The zero-order chi connectivity index (χ0) is 15.4. The van der Waals surface area contributed by atoms with Gasteiger partial charge in [-0.1, -0.05) is 25.3 Å². The number of aryl methyl sites for hydroxylation is 1. The molecule has 2 N–H and O–H groups in total. The molecule has 1 saturated carbocycles. The van der Waals surface area contributed by atoms with Crippen molar-refractivity contribution in [3.05, 3.63) is 30.2 Å². The highest BCUT2D eigenvalue weighted by Gasteiger charge is 2.15. The summed E-state index contributed by atoms with van der Waals surface area (Å²) in [6.07, 6.45) is 5.78. The Morgan fingerprint density at radius 1 is 1.23 bits per heavy atom. The molecule has 6 nitrogen and oxygen atoms in total. The Morgan fingerprint density at radius 3 is 2.77 bits per heavy atom. The monoisotopic (exact) mass is 300 g/mol. The molecule has 0 aliphatic heterocycles. The summed E-state index contributed by atoms with van der Waals surface area (Å²) in [6, 6.07) is 7.52. The summed E-state index contributed by atoms with van der Waals surface area (Å²) in [5.74, 6) is 0.970. The summed E-state index contributed by atoms with van der Waals surface area (Å²) in [7, 11) is 0. The maximum atomic E-state index is 12.1. The molecule has 0 saturated heterocycles. The fourth-order valence-electron chi connectivity index (χ4n) is 2.74. The van der Waals surface area contributed by atoms with Crippen molar-refractivity contribution < 1.29 is 9.21 Å². The van der Waals surface area contributed by atoms with Gasteiger partial charge in [-0.25, -0.2) is 4.79 Å². The fraction of sp³-hybridized carbons (Fsp3) is 0.438. The van der Waals surface area contributed by atoms with E-state index in [-0.39, 0.29) is 12.1 Å². The van der Waals surface area contributed by atoms with Crippen LogP contribution in [-0.4, -0.2) is 22.3 Å². The van der Waals surface area contributed by atoms with Crippen molar-refractivity contribution in [2.45, 2.75) is 45.1 Å². The van der Waals surface area contributed by atoms with Crippen molar-refractivity contribution >= 4 is 11.7 Å². The molecule has 0 bridgehead atoms. The first-order valence-corrected chi connectivity index (χ1v) is 7.69. The van der Waals surface area contributed by atoms with E-state index >= 15 is 0 Å². The lowest BCUT2D eigenvalue weighted by atomic mass is 9.96. The quantitative estimate of drug-likeness (QED) is 0.909. The molecule has 1 aliphatic carbocycles. The summed E-state index contributed by atoms with van der Waals surface area (Å²) >= 11 is 0. The van der Waals surface area contributed by atoms with Crippen LogP contribution in [0.2, 0.25) is 0 Å². The third-order valence-corrected chi connectivity index (χ3v) is 3.83. The lowest BCUT2D eigenvalue weighted by molar-refractivity contribution is 0.244. The molecule has 116 valence electrons. The normalized spacial score (nSPS) is 15.5. The Kier molecular flexibility index (Phi) is 4.37. The van der Waals surface area contributed by atoms with Crippen LogP contribution >= 0.6 is 0 Å². The van der Waals surface area contributed by atoms with Gasteiger partial charge in [-0.2, -0.15) is 0 Å². The maximum Gasteiger partial charge on any atom is 0.319 e. The van der Waals surface area contributed by atoms with Crippen molar-refractivity contribution in [2.24, 2.45) is 0 Å². The van der Waals surface area contributed by atoms with E-state index in [9.17, 15) is 4.79 Å². The Bertz CT molecular complexity index is 647. The third-order valence-electron chi connectivity index (χ3n) is 3.83. The minimum atomic E-state index is -0.161. The highest BCUT2D eigenvalue weighted by molar-refractivity contribution is 5.90. The second kappa shape index (κ2) is 6.60. The van der Waals surface area contributed by atoms with Crippen molar-refractivity contribution in [2.75, 3.05) is 5.32 Å². The van der Waals surface area contributed by atoms with Crippen LogP contribution in [0.1, 0.15) is 38.0 Å². The molecule has 1 fully saturated rings. The third kappa shape index (κ3) is 3.63. The average Bonchev–Trinajstić information content (AvgIpc) is 2.95. The number of aromatic nitrogens is 2. The van der Waals surface area contributed by atoms with Crippen LogP contribution in [0, 0.1) is 6.92 Å². The number of nitrogens with zero attached hydrogens (tertiary/aromatic N) is 2. The van der Waals surface area contributed by atoms with E-state index in [0.29, 0.717) is 17.5 Å². The Hall–Kier alpha value is -2.37. The number of urea groups is 1. The van der Waals surface area contributed by atoms with Gasteiger partial charge in [0.25, 0.3) is 0 Å². The molecule has 1 aromatic carbocycles. The molecule has 1 heterocycles. The summed E-state index contributed by atoms with van der Waals surface area (Å²) in [6.45, 7) is 1.75. The van der Waals surface area contributed by atoms with Gasteiger partial charge < -0.3 is 15.1 Å². The lowest BCUT2D eigenvalue weighted by Gasteiger charge is -2.22. The smallest absolute Gasteiger partial charge is 0.319 e. The van der Waals surface area contributed by atoms with Gasteiger partial charge in [-0.15, -0.1) is 10.2 Å². The Balaban J connectivity index is 1.63. The van der Waals surface area contributed by atoms with Gasteiger partial charge in [0.15, 0.2) is 0 Å². The van der Waals surface area contributed by atoms with E-state index in [1.54, 1.807) is 6.92 Å². The van der Waals surface area contributed by atoms with E-state index in [0.717, 1.165) is 18.4 Å². The van der Waals surface area contributed by atoms with Crippen LogP contribution in [0.4, 0.5) is 10.5 Å². The first-order valence-electron chi connectivity index (χ1n) is 7.69. The molecule has 0 spiro atoms. The van der Waals surface area contributed by atoms with Crippen LogP contribution in [-0.2, 0) is 0 Å². The molecule has 1 aliphatic rings. The van der Waals surface area contributed by atoms with E-state index < -0.39 is 0 Å². The number of anilines is 1. The molecule has 0 radical (unpaired) electrons. The predicted octanol–water partition coefficient (Wildman–Crippen LogP) is 3.50. The highest BCUT2D eigenvalue weighted by Crippen LogP contribution is 2.22. The highest BCUT2D eigenvalue weighted by atomic mass is 16.4. The molecular formula is C16H20N4O2. The van der Waals surface area contributed by atoms with Gasteiger partial charge in [0, 0.05) is 24.2 Å². The Morgan fingerprint density at radius 2 is 2.05 bits per heavy atom. The SMILES string of the molecule is Cc1nnc(-c2cccc(NC(=O)NC3CCCCC3)c2)o1. The number of hydrogen-bond acceptors (Lipinski definition) is 4. The number of carbonyl (C=O) groups excluding carboxylic acids is 1. The van der Waals surface area contributed by atoms with Gasteiger partial charge in [0.2, 0.25) is 11.8 Å². The number of hydrogen-bond donors (Lipinski definition) is 2. The first-order chi connectivity index (χ1) is 10.7. The summed E-state index contributed by atoms with van der Waals surface area (Å²) < 4.78 is 5.40. The number of rotatable bonds is 3. The van der Waals surface area contributed by atoms with Crippen molar-refractivity contribution in [1.29, 1.82) is 0 Å². The van der Waals surface area contributed by atoms with Crippen LogP contribution in [0.3, 0.4) is 0 Å². The van der Waals surface area contributed by atoms with Gasteiger partial charge in [0.1, 0.15) is 0 Å². The van der Waals surface area contributed by atoms with Crippen molar-refractivity contribution in [3.8, 4) is 11.5 Å². The van der Waals surface area contributed by atoms with Gasteiger partial charge >= 0.3 is 6.03 Å². The molecule has 2 amide bonds. The molecule has 0 unspecified atom stereocenters. The van der Waals surface area contributed by atoms with Crippen LogP contribution in [0.5, 0.6) is 0 Å². The van der Waals surface area contributed by atoms with E-state index in [1.807, 2.05) is 24.3 Å². The van der Waals surface area contributed by atoms with E-state index in [2.05, 4.69) is 20.8 Å². The molecule has 2 aromatic rings. The lowest BCUT2D eigenvalue weighted by Crippen LogP contribution is -2.39. The minimum absolute atomic E-state index is 0.161. The topological polar surface area (TPSA) is 80.0 Å². The molecule has 6 heteroatoms. The van der Waals surface area contributed by atoms with E-state index in [1.165, 1.54) is 19.3 Å². The van der Waals surface area contributed by atoms with Crippen molar-refractivity contribution in [3.63, 3.8) is 0 Å². The standard InChI is InChI=1S/C16H20N4O2/c1-11-19-20-15(22-11)12-6-5-9-14(10-12)18-16(21)17-13-7-3-2-4-8-13/h5-6,9-10,13H,2-4,7-8H2,1H3,(H2,17,18,21). The van der Waals surface area contributed by atoms with Crippen LogP contribution < -0.4 is 10.6 Å². The maximum absolute atomic E-state index is 12.1. The average molecular weight is 300 g/mol. The fourth-order valence-corrected chi connectivity index (χ4v) is 2.74. The van der Waals surface area contributed by atoms with Gasteiger partial charge in [-0.3, -0.25) is 0 Å². The Labute approximate surface area is 129 Å². The molecular weight excluding hydrogens is 280 g/mol. The van der Waals surface area contributed by atoms with Crippen LogP contribution in [0.25, 0.3) is 11.5 Å². The number of amides is 2. The summed E-state index contributed by atoms with van der Waals surface area (Å²) in [5, 5.41) is 13.7. The van der Waals surface area contributed by atoms with Gasteiger partial charge in [-0.05, 0) is 31.0 Å². The molecule has 3 rings (SSSR count).